The molecule has 1 N–H and O–H groups in total. The highest BCUT2D eigenvalue weighted by atomic mass is 32.1. The van der Waals surface area contributed by atoms with E-state index in [9.17, 15) is 4.79 Å². The van der Waals surface area contributed by atoms with Crippen LogP contribution in [0.2, 0.25) is 0 Å². The Morgan fingerprint density at radius 2 is 2.09 bits per heavy atom. The summed E-state index contributed by atoms with van der Waals surface area (Å²) in [5.41, 5.74) is 1.63. The zero-order chi connectivity index (χ0) is 16.2. The number of hydrogen-bond acceptors (Lipinski definition) is 8. The van der Waals surface area contributed by atoms with Crippen molar-refractivity contribution in [2.45, 2.75) is 6.61 Å². The molecule has 0 atom stereocenters. The average Bonchev–Trinajstić information content (AvgIpc) is 2.98. The van der Waals surface area contributed by atoms with Crippen LogP contribution in [0, 0.1) is 0 Å². The fourth-order valence-corrected chi connectivity index (χ4v) is 2.88. The summed E-state index contributed by atoms with van der Waals surface area (Å²) < 4.78 is 10.8. The quantitative estimate of drug-likeness (QED) is 0.720. The normalized spacial score (nSPS) is 10.7. The molecule has 0 bridgehead atoms. The van der Waals surface area contributed by atoms with Crippen LogP contribution in [0.1, 0.15) is 16.1 Å². The third kappa shape index (κ3) is 3.27. The van der Waals surface area contributed by atoms with Gasteiger partial charge in [-0.05, 0) is 12.1 Å². The second-order valence-corrected chi connectivity index (χ2v) is 5.63. The lowest BCUT2D eigenvalue weighted by Crippen LogP contribution is -2.12. The Kier molecular flexibility index (Phi) is 4.45. The van der Waals surface area contributed by atoms with Crippen molar-refractivity contribution in [3.8, 4) is 0 Å². The van der Waals surface area contributed by atoms with Gasteiger partial charge in [0.2, 0.25) is 5.95 Å². The van der Waals surface area contributed by atoms with Crippen molar-refractivity contribution in [3.05, 3.63) is 41.7 Å². The standard InChI is InChI=1S/C15H14N4O3S/c1-21-8-9-7-16-14(18-12(9)13(20)22-2)19-15-17-10-5-3-4-6-11(10)23-15/h3-7H,8H2,1-2H3,(H,16,17,18,19). The molecule has 2 aromatic heterocycles. The molecule has 1 aromatic carbocycles. The number of carbonyl (C=O) groups excluding carboxylic acids is 1. The van der Waals surface area contributed by atoms with Crippen LogP contribution in [0.3, 0.4) is 0 Å². The number of nitrogens with zero attached hydrogens (tertiary/aromatic N) is 3. The van der Waals surface area contributed by atoms with Crippen LogP contribution in [0.4, 0.5) is 11.1 Å². The summed E-state index contributed by atoms with van der Waals surface area (Å²) in [4.78, 5) is 24.7. The van der Waals surface area contributed by atoms with Crippen molar-refractivity contribution in [1.82, 2.24) is 15.0 Å². The predicted molar refractivity (Wildman–Crippen MR) is 87.0 cm³/mol. The number of ether oxygens (including phenoxy) is 2. The molecule has 7 nitrogen and oxygen atoms in total. The number of anilines is 2. The van der Waals surface area contributed by atoms with Crippen molar-refractivity contribution >= 4 is 38.6 Å². The summed E-state index contributed by atoms with van der Waals surface area (Å²) in [6.45, 7) is 0.228. The van der Waals surface area contributed by atoms with Crippen LogP contribution in [0.25, 0.3) is 10.2 Å². The molecule has 0 unspecified atom stereocenters. The van der Waals surface area contributed by atoms with Crippen molar-refractivity contribution < 1.29 is 14.3 Å². The second-order valence-electron chi connectivity index (χ2n) is 4.60. The molecule has 0 fully saturated rings. The fourth-order valence-electron chi connectivity index (χ4n) is 2.02. The Morgan fingerprint density at radius 3 is 2.83 bits per heavy atom. The zero-order valence-electron chi connectivity index (χ0n) is 12.6. The first-order valence-corrected chi connectivity index (χ1v) is 7.58. The largest absolute Gasteiger partial charge is 0.464 e. The van der Waals surface area contributed by atoms with Gasteiger partial charge < -0.3 is 9.47 Å². The number of methoxy groups -OCH3 is 2. The molecule has 0 aliphatic heterocycles. The molecule has 3 aromatic rings. The van der Waals surface area contributed by atoms with Crippen molar-refractivity contribution in [1.29, 1.82) is 0 Å². The van der Waals surface area contributed by atoms with Gasteiger partial charge in [-0.1, -0.05) is 23.5 Å². The van der Waals surface area contributed by atoms with Crippen molar-refractivity contribution in [2.75, 3.05) is 19.5 Å². The number of carbonyl (C=O) groups is 1. The zero-order valence-corrected chi connectivity index (χ0v) is 13.4. The lowest BCUT2D eigenvalue weighted by atomic mass is 10.2. The first-order chi connectivity index (χ1) is 11.2. The molecule has 0 saturated carbocycles. The molecular weight excluding hydrogens is 316 g/mol. The highest BCUT2D eigenvalue weighted by Gasteiger charge is 2.16. The third-order valence-corrected chi connectivity index (χ3v) is 4.01. The first kappa shape index (κ1) is 15.3. The van der Waals surface area contributed by atoms with Crippen LogP contribution < -0.4 is 5.32 Å². The van der Waals surface area contributed by atoms with E-state index in [1.54, 1.807) is 6.20 Å². The summed E-state index contributed by atoms with van der Waals surface area (Å²) in [6, 6.07) is 7.80. The van der Waals surface area contributed by atoms with E-state index in [-0.39, 0.29) is 18.2 Å². The highest BCUT2D eigenvalue weighted by Crippen LogP contribution is 2.27. The number of aromatic nitrogens is 3. The molecular formula is C15H14N4O3S. The summed E-state index contributed by atoms with van der Waals surface area (Å²) >= 11 is 1.48. The van der Waals surface area contributed by atoms with Gasteiger partial charge in [0.15, 0.2) is 10.8 Å². The van der Waals surface area contributed by atoms with E-state index in [0.717, 1.165) is 10.2 Å². The minimum absolute atomic E-state index is 0.174. The summed E-state index contributed by atoms with van der Waals surface area (Å²) in [5.74, 6) is -0.254. The van der Waals surface area contributed by atoms with Gasteiger partial charge >= 0.3 is 5.97 Å². The predicted octanol–water partition coefficient (Wildman–Crippen LogP) is 2.76. The number of nitrogens with one attached hydrogen (secondary N) is 1. The molecule has 2 heterocycles. The molecule has 118 valence electrons. The van der Waals surface area contributed by atoms with E-state index in [4.69, 9.17) is 9.47 Å². The Labute approximate surface area is 136 Å². The summed E-state index contributed by atoms with van der Waals surface area (Å²) in [6.07, 6.45) is 1.54. The Balaban J connectivity index is 1.91. The van der Waals surface area contributed by atoms with Crippen LogP contribution in [0.5, 0.6) is 0 Å². The topological polar surface area (TPSA) is 86.2 Å². The Bertz CT molecular complexity index is 817. The second kappa shape index (κ2) is 6.67. The average molecular weight is 330 g/mol. The number of esters is 1. The smallest absolute Gasteiger partial charge is 0.357 e. The molecule has 0 amide bonds. The summed E-state index contributed by atoms with van der Waals surface area (Å²) in [5, 5.41) is 3.67. The number of para-hydroxylation sites is 1. The lowest BCUT2D eigenvalue weighted by Gasteiger charge is -2.08. The van der Waals surface area contributed by atoms with Gasteiger partial charge in [0, 0.05) is 18.9 Å². The SMILES string of the molecule is COCc1cnc(Nc2nc3ccccc3s2)nc1C(=O)OC. The van der Waals surface area contributed by atoms with E-state index in [1.165, 1.54) is 25.6 Å². The molecule has 0 spiro atoms. The van der Waals surface area contributed by atoms with Gasteiger partial charge in [-0.2, -0.15) is 0 Å². The number of rotatable bonds is 5. The van der Waals surface area contributed by atoms with Gasteiger partial charge in [0.25, 0.3) is 0 Å². The molecule has 0 aliphatic carbocycles. The van der Waals surface area contributed by atoms with Crippen LogP contribution >= 0.6 is 11.3 Å². The molecule has 8 heteroatoms. The van der Waals surface area contributed by atoms with Gasteiger partial charge in [-0.15, -0.1) is 0 Å². The van der Waals surface area contributed by atoms with E-state index >= 15 is 0 Å². The molecule has 23 heavy (non-hydrogen) atoms. The summed E-state index contributed by atoms with van der Waals surface area (Å²) in [7, 11) is 2.84. The van der Waals surface area contributed by atoms with Gasteiger partial charge in [-0.25, -0.2) is 19.7 Å². The number of hydrogen-bond donors (Lipinski definition) is 1. The van der Waals surface area contributed by atoms with E-state index in [1.807, 2.05) is 24.3 Å². The van der Waals surface area contributed by atoms with Gasteiger partial charge in [0.05, 0.1) is 23.9 Å². The molecule has 0 aliphatic rings. The molecule has 0 saturated heterocycles. The van der Waals surface area contributed by atoms with Crippen LogP contribution in [0.15, 0.2) is 30.5 Å². The van der Waals surface area contributed by atoms with E-state index < -0.39 is 5.97 Å². The highest BCUT2D eigenvalue weighted by molar-refractivity contribution is 7.22. The number of benzene rings is 1. The monoisotopic (exact) mass is 330 g/mol. The van der Waals surface area contributed by atoms with Gasteiger partial charge in [0.1, 0.15) is 0 Å². The first-order valence-electron chi connectivity index (χ1n) is 6.77. The maximum atomic E-state index is 11.8. The third-order valence-electron chi connectivity index (χ3n) is 3.06. The molecule has 3 rings (SSSR count). The maximum absolute atomic E-state index is 11.8. The van der Waals surface area contributed by atoms with Crippen molar-refractivity contribution in [3.63, 3.8) is 0 Å². The van der Waals surface area contributed by atoms with E-state index in [0.29, 0.717) is 10.7 Å². The fraction of sp³-hybridized carbons (Fsp3) is 0.200. The number of thiazole rings is 1. The Hall–Kier alpha value is -2.58. The van der Waals surface area contributed by atoms with E-state index in [2.05, 4.69) is 20.3 Å². The van der Waals surface area contributed by atoms with Crippen LogP contribution in [-0.4, -0.2) is 35.1 Å². The van der Waals surface area contributed by atoms with Crippen LogP contribution in [-0.2, 0) is 16.1 Å². The molecule has 0 radical (unpaired) electrons. The lowest BCUT2D eigenvalue weighted by molar-refractivity contribution is 0.0588. The minimum Gasteiger partial charge on any atom is -0.464 e. The Morgan fingerprint density at radius 1 is 1.26 bits per heavy atom. The minimum atomic E-state index is -0.535. The van der Waals surface area contributed by atoms with Gasteiger partial charge in [-0.3, -0.25) is 5.32 Å². The maximum Gasteiger partial charge on any atom is 0.357 e. The van der Waals surface area contributed by atoms with Crippen molar-refractivity contribution in [2.24, 2.45) is 0 Å². The number of fused-ring (bicyclic) bond motifs is 1.